The lowest BCUT2D eigenvalue weighted by molar-refractivity contribution is 0.0690. The first-order valence-electron chi connectivity index (χ1n) is 6.25. The highest BCUT2D eigenvalue weighted by Crippen LogP contribution is 2.30. The number of nitrogens with zero attached hydrogens (tertiary/aromatic N) is 2. The maximum atomic E-state index is 11.0. The Balaban J connectivity index is 2.36. The van der Waals surface area contributed by atoms with E-state index >= 15 is 0 Å². The number of pyridine rings is 1. The molecule has 1 aliphatic rings. The first-order valence-corrected chi connectivity index (χ1v) is 6.25. The number of nitrogens with two attached hydrogens (primary N) is 1. The number of carboxylic acids is 1. The van der Waals surface area contributed by atoms with Crippen LogP contribution in [0, 0.1) is 5.92 Å². The average Bonchev–Trinajstić information content (AvgIpc) is 2.33. The fraction of sp³-hybridized carbons (Fsp3) is 0.538. The molecule has 2 atom stereocenters. The number of carboxylic acid groups (broad SMARTS) is 1. The summed E-state index contributed by atoms with van der Waals surface area (Å²) >= 11 is 0. The number of rotatable bonds is 2. The van der Waals surface area contributed by atoms with E-state index in [0.717, 1.165) is 13.0 Å². The van der Waals surface area contributed by atoms with E-state index in [1.807, 2.05) is 0 Å². The van der Waals surface area contributed by atoms with Gasteiger partial charge in [0.1, 0.15) is 0 Å². The van der Waals surface area contributed by atoms with Crippen LogP contribution in [0.2, 0.25) is 0 Å². The topological polar surface area (TPSA) is 79.5 Å². The van der Waals surface area contributed by atoms with E-state index in [0.29, 0.717) is 23.5 Å². The maximum absolute atomic E-state index is 11.0. The molecule has 0 amide bonds. The van der Waals surface area contributed by atoms with E-state index in [1.54, 1.807) is 6.07 Å². The minimum Gasteiger partial charge on any atom is -0.477 e. The van der Waals surface area contributed by atoms with Crippen molar-refractivity contribution in [3.05, 3.63) is 17.8 Å². The normalized spacial score (nSPS) is 24.0. The molecule has 5 heteroatoms. The number of nitrogen functional groups attached to an aromatic ring is 1. The molecule has 1 fully saturated rings. The number of hydrogen-bond acceptors (Lipinski definition) is 4. The highest BCUT2D eigenvalue weighted by atomic mass is 16.4. The summed E-state index contributed by atoms with van der Waals surface area (Å²) in [6.07, 6.45) is 2.27. The molecule has 98 valence electrons. The van der Waals surface area contributed by atoms with Crippen LogP contribution in [0.15, 0.2) is 12.1 Å². The monoisotopic (exact) mass is 249 g/mol. The predicted octanol–water partition coefficient (Wildman–Crippen LogP) is 1.99. The Kier molecular flexibility index (Phi) is 3.41. The van der Waals surface area contributed by atoms with Crippen molar-refractivity contribution in [2.75, 3.05) is 17.2 Å². The molecule has 2 rings (SSSR count). The quantitative estimate of drug-likeness (QED) is 0.837. The molecule has 0 bridgehead atoms. The lowest BCUT2D eigenvalue weighted by atomic mass is 9.95. The summed E-state index contributed by atoms with van der Waals surface area (Å²) in [5, 5.41) is 8.99. The highest BCUT2D eigenvalue weighted by molar-refractivity contribution is 5.87. The molecule has 5 nitrogen and oxygen atoms in total. The summed E-state index contributed by atoms with van der Waals surface area (Å²) in [7, 11) is 0. The highest BCUT2D eigenvalue weighted by Gasteiger charge is 2.26. The molecule has 2 unspecified atom stereocenters. The van der Waals surface area contributed by atoms with Gasteiger partial charge in [-0.3, -0.25) is 0 Å². The minimum atomic E-state index is -1.02. The number of hydrogen-bond donors (Lipinski definition) is 2. The Morgan fingerprint density at radius 1 is 1.44 bits per heavy atom. The standard InChI is InChI=1S/C13H19N3O2/c1-8-3-4-9(2)16(7-8)12-10(14)5-6-11(15-12)13(17)18/h5-6,8-9H,3-4,7,14H2,1-2H3,(H,17,18). The molecular weight excluding hydrogens is 230 g/mol. The molecule has 18 heavy (non-hydrogen) atoms. The molecule has 0 aliphatic carbocycles. The van der Waals surface area contributed by atoms with Gasteiger partial charge in [0.15, 0.2) is 11.5 Å². The molecule has 3 N–H and O–H groups in total. The van der Waals surface area contributed by atoms with E-state index in [2.05, 4.69) is 23.7 Å². The summed E-state index contributed by atoms with van der Waals surface area (Å²) in [5.41, 5.74) is 6.52. The van der Waals surface area contributed by atoms with E-state index in [4.69, 9.17) is 10.8 Å². The van der Waals surface area contributed by atoms with Gasteiger partial charge in [0, 0.05) is 12.6 Å². The Bertz CT molecular complexity index is 462. The molecule has 1 aliphatic heterocycles. The number of anilines is 2. The van der Waals surface area contributed by atoms with Gasteiger partial charge in [-0.1, -0.05) is 6.92 Å². The molecule has 0 spiro atoms. The summed E-state index contributed by atoms with van der Waals surface area (Å²) < 4.78 is 0. The summed E-state index contributed by atoms with van der Waals surface area (Å²) in [6, 6.07) is 3.41. The van der Waals surface area contributed by atoms with Crippen molar-refractivity contribution in [2.24, 2.45) is 5.92 Å². The zero-order valence-electron chi connectivity index (χ0n) is 10.8. The van der Waals surface area contributed by atoms with Gasteiger partial charge in [0.05, 0.1) is 5.69 Å². The summed E-state index contributed by atoms with van der Waals surface area (Å²) in [5.74, 6) is 0.166. The number of aromatic nitrogens is 1. The maximum Gasteiger partial charge on any atom is 0.354 e. The van der Waals surface area contributed by atoms with E-state index in [1.165, 1.54) is 12.5 Å². The lowest BCUT2D eigenvalue weighted by Gasteiger charge is -2.38. The Morgan fingerprint density at radius 2 is 2.17 bits per heavy atom. The van der Waals surface area contributed by atoms with Gasteiger partial charge in [-0.05, 0) is 37.8 Å². The van der Waals surface area contributed by atoms with Gasteiger partial charge in [-0.25, -0.2) is 9.78 Å². The third-order valence-corrected chi connectivity index (χ3v) is 3.51. The zero-order valence-corrected chi connectivity index (χ0v) is 10.8. The van der Waals surface area contributed by atoms with Gasteiger partial charge in [-0.2, -0.15) is 0 Å². The summed E-state index contributed by atoms with van der Waals surface area (Å²) in [4.78, 5) is 17.3. The van der Waals surface area contributed by atoms with Crippen LogP contribution in [0.3, 0.4) is 0 Å². The minimum absolute atomic E-state index is 0.0460. The molecule has 0 radical (unpaired) electrons. The first kappa shape index (κ1) is 12.7. The van der Waals surface area contributed by atoms with Crippen LogP contribution in [-0.2, 0) is 0 Å². The van der Waals surface area contributed by atoms with E-state index in [-0.39, 0.29) is 5.69 Å². The zero-order chi connectivity index (χ0) is 13.3. The van der Waals surface area contributed by atoms with Crippen LogP contribution in [0.1, 0.15) is 37.2 Å². The predicted molar refractivity (Wildman–Crippen MR) is 70.8 cm³/mol. The molecule has 1 aromatic rings. The van der Waals surface area contributed by atoms with Crippen LogP contribution in [0.4, 0.5) is 11.5 Å². The fourth-order valence-corrected chi connectivity index (χ4v) is 2.39. The largest absolute Gasteiger partial charge is 0.477 e. The molecular formula is C13H19N3O2. The second-order valence-corrected chi connectivity index (χ2v) is 5.10. The van der Waals surface area contributed by atoms with Crippen LogP contribution >= 0.6 is 0 Å². The SMILES string of the molecule is CC1CCC(C)N(c2nc(C(=O)O)ccc2N)C1. The number of piperidine rings is 1. The van der Waals surface area contributed by atoms with Crippen molar-refractivity contribution < 1.29 is 9.90 Å². The van der Waals surface area contributed by atoms with Crippen molar-refractivity contribution in [1.29, 1.82) is 0 Å². The van der Waals surface area contributed by atoms with Crippen molar-refractivity contribution in [3.8, 4) is 0 Å². The Morgan fingerprint density at radius 3 is 2.83 bits per heavy atom. The number of carbonyl (C=O) groups is 1. The van der Waals surface area contributed by atoms with Crippen LogP contribution < -0.4 is 10.6 Å². The fourth-order valence-electron chi connectivity index (χ4n) is 2.39. The summed E-state index contributed by atoms with van der Waals surface area (Å²) in [6.45, 7) is 5.19. The number of aromatic carboxylic acids is 1. The van der Waals surface area contributed by atoms with Crippen molar-refractivity contribution in [1.82, 2.24) is 4.98 Å². The Labute approximate surface area is 107 Å². The lowest BCUT2D eigenvalue weighted by Crippen LogP contribution is -2.42. The third kappa shape index (κ3) is 2.39. The van der Waals surface area contributed by atoms with E-state index in [9.17, 15) is 4.79 Å². The van der Waals surface area contributed by atoms with Gasteiger partial charge >= 0.3 is 5.97 Å². The van der Waals surface area contributed by atoms with Crippen molar-refractivity contribution in [3.63, 3.8) is 0 Å². The third-order valence-electron chi connectivity index (χ3n) is 3.51. The van der Waals surface area contributed by atoms with Crippen LogP contribution in [0.5, 0.6) is 0 Å². The smallest absolute Gasteiger partial charge is 0.354 e. The average molecular weight is 249 g/mol. The van der Waals surface area contributed by atoms with Gasteiger partial charge in [-0.15, -0.1) is 0 Å². The molecule has 2 heterocycles. The molecule has 1 saturated heterocycles. The van der Waals surface area contributed by atoms with Crippen LogP contribution in [-0.4, -0.2) is 28.6 Å². The van der Waals surface area contributed by atoms with Crippen molar-refractivity contribution in [2.45, 2.75) is 32.7 Å². The Hall–Kier alpha value is -1.78. The molecule has 0 aromatic carbocycles. The van der Waals surface area contributed by atoms with Gasteiger partial charge in [0.2, 0.25) is 0 Å². The van der Waals surface area contributed by atoms with Crippen LogP contribution in [0.25, 0.3) is 0 Å². The second kappa shape index (κ2) is 4.84. The van der Waals surface area contributed by atoms with E-state index < -0.39 is 5.97 Å². The van der Waals surface area contributed by atoms with Gasteiger partial charge < -0.3 is 15.7 Å². The molecule has 0 saturated carbocycles. The molecule has 1 aromatic heterocycles. The van der Waals surface area contributed by atoms with Gasteiger partial charge in [0.25, 0.3) is 0 Å². The van der Waals surface area contributed by atoms with Crippen molar-refractivity contribution >= 4 is 17.5 Å². The second-order valence-electron chi connectivity index (χ2n) is 5.10. The first-order chi connectivity index (χ1) is 8.49.